The largest absolute Gasteiger partial charge is 0.456 e. The molecule has 9 rings (SSSR count). The summed E-state index contributed by atoms with van der Waals surface area (Å²) >= 11 is 0. The van der Waals surface area contributed by atoms with Crippen molar-refractivity contribution in [2.75, 3.05) is 0 Å². The number of benzene rings is 8. The summed E-state index contributed by atoms with van der Waals surface area (Å²) in [6, 6.07) is 17.6. The zero-order valence-electron chi connectivity index (χ0n) is 35.4. The van der Waals surface area contributed by atoms with E-state index in [0.717, 1.165) is 0 Å². The number of hydrogen-bond donors (Lipinski definition) is 0. The van der Waals surface area contributed by atoms with Crippen LogP contribution < -0.4 is 0 Å². The lowest BCUT2D eigenvalue weighted by Gasteiger charge is -2.18. The molecule has 1 nitrogen and oxygen atoms in total. The quantitative estimate of drug-likeness (QED) is 0.196. The summed E-state index contributed by atoms with van der Waals surface area (Å²) in [6.45, 7) is 0. The topological polar surface area (TPSA) is 13.1 Å². The zero-order valence-corrected chi connectivity index (χ0v) is 22.4. The molecule has 0 bridgehead atoms. The fraction of sp³-hybridized carbons (Fsp3) is 0. The molecule has 0 aliphatic rings. The minimum Gasteiger partial charge on any atom is -0.456 e. The van der Waals surface area contributed by atoms with E-state index in [9.17, 15) is 6.85 Å². The molecule has 0 saturated carbocycles. The monoisotopic (exact) mass is 559 g/mol. The number of rotatable bonds is 3. The van der Waals surface area contributed by atoms with E-state index in [-0.39, 0.29) is 91.7 Å². The Morgan fingerprint density at radius 3 is 1.72 bits per heavy atom. The first-order valence-corrected chi connectivity index (χ1v) is 13.7. The van der Waals surface area contributed by atoms with Gasteiger partial charge in [-0.1, -0.05) is 133 Å². The van der Waals surface area contributed by atoms with Crippen molar-refractivity contribution >= 4 is 54.3 Å². The molecule has 200 valence electrons. The molecule has 0 aliphatic heterocycles. The third-order valence-corrected chi connectivity index (χ3v) is 7.82. The predicted molar refractivity (Wildman–Crippen MR) is 183 cm³/mol. The third-order valence-electron chi connectivity index (χ3n) is 7.82. The van der Waals surface area contributed by atoms with Gasteiger partial charge in [0.1, 0.15) is 11.2 Å². The minimum absolute atomic E-state index is 0.0224. The zero-order chi connectivity index (χ0) is 39.6. The number of hydrogen-bond acceptors (Lipinski definition) is 1. The Labute approximate surface area is 267 Å². The summed E-state index contributed by atoms with van der Waals surface area (Å²) in [5.41, 5.74) is 1.39. The fourth-order valence-electron chi connectivity index (χ4n) is 5.97. The molecule has 1 aromatic heterocycles. The molecule has 0 N–H and O–H groups in total. The van der Waals surface area contributed by atoms with E-state index in [2.05, 4.69) is 0 Å². The van der Waals surface area contributed by atoms with Crippen LogP contribution in [0.25, 0.3) is 87.6 Å². The first kappa shape index (κ1) is 14.5. The molecule has 0 fully saturated rings. The minimum atomic E-state index is -0.565. The smallest absolute Gasteiger partial charge is 0.136 e. The summed E-state index contributed by atoms with van der Waals surface area (Å²) < 4.78 is 122. The first-order chi connectivity index (χ1) is 26.8. The van der Waals surface area contributed by atoms with Crippen LogP contribution in [0.2, 0.25) is 0 Å². The Balaban J connectivity index is 1.47. The highest BCUT2D eigenvalue weighted by molar-refractivity contribution is 6.23. The second-order valence-electron chi connectivity index (χ2n) is 10.2. The van der Waals surface area contributed by atoms with Gasteiger partial charge in [-0.05, 0) is 89.9 Å². The van der Waals surface area contributed by atoms with E-state index in [4.69, 9.17) is 15.4 Å². The van der Waals surface area contributed by atoms with E-state index in [0.29, 0.717) is 38.2 Å². The molecular formula is C42H26O. The standard InChI is InChI=1S/C42H26O/c1-2-12-28(13-3-1)32-19-10-20-39-42(32)37-26-31(23-24-38(37)43-39)41-35-17-8-6-15-33(35)40(34-16-7-9-18-36(34)41)30-22-21-27-11-4-5-14-29(27)25-30/h1-26H/i4D,5D,10D,11D,14D,19D,20D,21D,22D,23D,24D,25D,26D. The highest BCUT2D eigenvalue weighted by atomic mass is 16.3. The number of fused-ring (bicyclic) bond motifs is 6. The molecule has 0 saturated heterocycles. The van der Waals surface area contributed by atoms with E-state index < -0.39 is 36.3 Å². The number of furan rings is 1. The van der Waals surface area contributed by atoms with E-state index in [1.165, 1.54) is 0 Å². The maximum atomic E-state index is 9.81. The Hall–Kier alpha value is -5.66. The molecule has 0 spiro atoms. The first-order valence-electron chi connectivity index (χ1n) is 20.2. The summed E-state index contributed by atoms with van der Waals surface area (Å²) in [7, 11) is 0. The maximum Gasteiger partial charge on any atom is 0.136 e. The van der Waals surface area contributed by atoms with Crippen molar-refractivity contribution in [3.8, 4) is 33.4 Å². The molecule has 0 amide bonds. The average Bonchev–Trinajstić information content (AvgIpc) is 3.60. The van der Waals surface area contributed by atoms with Gasteiger partial charge >= 0.3 is 0 Å². The van der Waals surface area contributed by atoms with Crippen LogP contribution in [-0.2, 0) is 0 Å². The van der Waals surface area contributed by atoms with Crippen LogP contribution in [-0.4, -0.2) is 0 Å². The van der Waals surface area contributed by atoms with Crippen molar-refractivity contribution in [2.45, 2.75) is 0 Å². The van der Waals surface area contributed by atoms with Crippen molar-refractivity contribution in [1.29, 1.82) is 0 Å². The van der Waals surface area contributed by atoms with Crippen LogP contribution in [0.1, 0.15) is 17.8 Å². The van der Waals surface area contributed by atoms with Crippen molar-refractivity contribution in [1.82, 2.24) is 0 Å². The van der Waals surface area contributed by atoms with Crippen molar-refractivity contribution in [3.05, 3.63) is 157 Å². The highest BCUT2D eigenvalue weighted by Crippen LogP contribution is 2.45. The maximum absolute atomic E-state index is 9.81. The molecular weight excluding hydrogens is 520 g/mol. The summed E-state index contributed by atoms with van der Waals surface area (Å²) in [4.78, 5) is 0. The second-order valence-corrected chi connectivity index (χ2v) is 10.2. The predicted octanol–water partition coefficient (Wildman–Crippen LogP) is 12.0. The van der Waals surface area contributed by atoms with Gasteiger partial charge in [-0.3, -0.25) is 0 Å². The van der Waals surface area contributed by atoms with Crippen molar-refractivity contribution in [2.24, 2.45) is 0 Å². The molecule has 8 aromatic carbocycles. The molecule has 0 unspecified atom stereocenters. The second kappa shape index (κ2) is 9.44. The lowest BCUT2D eigenvalue weighted by atomic mass is 9.85. The SMILES string of the molecule is [2H]c1c(-c2c3ccccc3c(-c3c([2H])c([2H])c4c([2H])c([2H])c([2H])c([2H])c4c3[2H])c3ccccc23)c([2H])c2c(oc3c([2H])c([2H])c([2H])c(-c4ccccc4)c32)c1[2H]. The van der Waals surface area contributed by atoms with Gasteiger partial charge in [0.05, 0.1) is 17.8 Å². The molecule has 0 aliphatic carbocycles. The van der Waals surface area contributed by atoms with E-state index in [1.54, 1.807) is 78.9 Å². The molecule has 43 heavy (non-hydrogen) atoms. The molecule has 1 heteroatoms. The normalized spacial score (nSPS) is 16.0. The van der Waals surface area contributed by atoms with Crippen LogP contribution in [0.4, 0.5) is 0 Å². The van der Waals surface area contributed by atoms with Crippen molar-refractivity contribution < 1.29 is 22.2 Å². The van der Waals surface area contributed by atoms with Gasteiger partial charge in [0.25, 0.3) is 0 Å². The molecule has 1 heterocycles. The van der Waals surface area contributed by atoms with Gasteiger partial charge in [-0.2, -0.15) is 0 Å². The van der Waals surface area contributed by atoms with Gasteiger partial charge in [-0.25, -0.2) is 0 Å². The van der Waals surface area contributed by atoms with Crippen LogP contribution in [0.15, 0.2) is 162 Å². The molecule has 0 radical (unpaired) electrons. The lowest BCUT2D eigenvalue weighted by molar-refractivity contribution is 0.669. The average molecular weight is 560 g/mol. The lowest BCUT2D eigenvalue weighted by Crippen LogP contribution is -1.91. The summed E-state index contributed by atoms with van der Waals surface area (Å²) in [6.07, 6.45) is 0. The van der Waals surface area contributed by atoms with Gasteiger partial charge in [0.15, 0.2) is 0 Å². The fourth-order valence-corrected chi connectivity index (χ4v) is 5.97. The Morgan fingerprint density at radius 2 is 1.02 bits per heavy atom. The van der Waals surface area contributed by atoms with Crippen molar-refractivity contribution in [3.63, 3.8) is 0 Å². The van der Waals surface area contributed by atoms with Crippen LogP contribution in [0.3, 0.4) is 0 Å². The van der Waals surface area contributed by atoms with E-state index >= 15 is 0 Å². The Bertz CT molecular complexity index is 3170. The van der Waals surface area contributed by atoms with Gasteiger partial charge in [-0.15, -0.1) is 0 Å². The highest BCUT2D eigenvalue weighted by Gasteiger charge is 2.19. The summed E-state index contributed by atoms with van der Waals surface area (Å²) in [5, 5.41) is 1.81. The van der Waals surface area contributed by atoms with Gasteiger partial charge in [0, 0.05) is 10.8 Å². The van der Waals surface area contributed by atoms with Crippen LogP contribution in [0.5, 0.6) is 0 Å². The molecule has 9 aromatic rings. The summed E-state index contributed by atoms with van der Waals surface area (Å²) in [5.74, 6) is 0. The Kier molecular flexibility index (Phi) is 3.18. The third kappa shape index (κ3) is 3.72. The molecule has 0 atom stereocenters. The van der Waals surface area contributed by atoms with E-state index in [1.807, 2.05) is 0 Å². The van der Waals surface area contributed by atoms with Gasteiger partial charge in [0.2, 0.25) is 0 Å². The Morgan fingerprint density at radius 1 is 0.419 bits per heavy atom. The van der Waals surface area contributed by atoms with Crippen LogP contribution >= 0.6 is 0 Å². The van der Waals surface area contributed by atoms with Gasteiger partial charge < -0.3 is 4.42 Å². The van der Waals surface area contributed by atoms with Crippen LogP contribution in [0, 0.1) is 0 Å².